The number of hydrogen-bond acceptors (Lipinski definition) is 1. The van der Waals surface area contributed by atoms with E-state index in [1.54, 1.807) is 13.0 Å². The summed E-state index contributed by atoms with van der Waals surface area (Å²) in [7, 11) is 0. The highest BCUT2D eigenvalue weighted by Gasteiger charge is 2.06. The highest BCUT2D eigenvalue weighted by molar-refractivity contribution is 5.25. The van der Waals surface area contributed by atoms with Gasteiger partial charge in [0.1, 0.15) is 5.82 Å². The van der Waals surface area contributed by atoms with Crippen molar-refractivity contribution in [1.82, 2.24) is 5.32 Å². The van der Waals surface area contributed by atoms with Gasteiger partial charge >= 0.3 is 0 Å². The van der Waals surface area contributed by atoms with Gasteiger partial charge in [0.2, 0.25) is 0 Å². The van der Waals surface area contributed by atoms with Gasteiger partial charge in [-0.15, -0.1) is 0 Å². The van der Waals surface area contributed by atoms with Crippen LogP contribution >= 0.6 is 0 Å². The van der Waals surface area contributed by atoms with E-state index in [4.69, 9.17) is 0 Å². The van der Waals surface area contributed by atoms with Crippen LogP contribution in [-0.4, -0.2) is 13.2 Å². The maximum absolute atomic E-state index is 13.2. The van der Waals surface area contributed by atoms with Crippen molar-refractivity contribution in [3.05, 3.63) is 35.1 Å². The second kappa shape index (κ2) is 5.81. The summed E-state index contributed by atoms with van der Waals surface area (Å²) in [6, 6.07) is 5.25. The second-order valence-electron chi connectivity index (χ2n) is 3.73. The predicted octanol–water partition coefficient (Wildman–Crippen LogP) is 3.14. The smallest absolute Gasteiger partial charge is 0.126 e. The Hall–Kier alpha value is -0.960. The minimum Gasteiger partial charge on any atom is -0.310 e. The van der Waals surface area contributed by atoms with E-state index in [-0.39, 0.29) is 18.5 Å². The van der Waals surface area contributed by atoms with Gasteiger partial charge in [-0.2, -0.15) is 0 Å². The van der Waals surface area contributed by atoms with E-state index in [9.17, 15) is 8.78 Å². The van der Waals surface area contributed by atoms with Crippen LogP contribution in [0.2, 0.25) is 0 Å². The van der Waals surface area contributed by atoms with Crippen LogP contribution in [0.5, 0.6) is 0 Å². The average Bonchev–Trinajstić information content (AvgIpc) is 2.22. The minimum atomic E-state index is -0.317. The van der Waals surface area contributed by atoms with Crippen molar-refractivity contribution < 1.29 is 8.78 Å². The summed E-state index contributed by atoms with van der Waals surface area (Å²) in [5.41, 5.74) is 1.55. The third-order valence-electron chi connectivity index (χ3n) is 2.46. The molecule has 0 aliphatic rings. The Morgan fingerprint density at radius 1 is 1.40 bits per heavy atom. The van der Waals surface area contributed by atoms with E-state index in [1.807, 2.05) is 13.0 Å². The first kappa shape index (κ1) is 12.1. The zero-order chi connectivity index (χ0) is 11.3. The number of nitrogens with one attached hydrogen (secondary N) is 1. The number of halogens is 2. The molecule has 0 bridgehead atoms. The maximum Gasteiger partial charge on any atom is 0.126 e. The van der Waals surface area contributed by atoms with Crippen molar-refractivity contribution in [2.24, 2.45) is 0 Å². The molecule has 0 saturated carbocycles. The number of aryl methyl sites for hydroxylation is 1. The maximum atomic E-state index is 13.2. The Kier molecular flexibility index (Phi) is 4.69. The fourth-order valence-corrected chi connectivity index (χ4v) is 1.38. The summed E-state index contributed by atoms with van der Waals surface area (Å²) in [5, 5.41) is 3.14. The largest absolute Gasteiger partial charge is 0.310 e. The summed E-state index contributed by atoms with van der Waals surface area (Å²) in [4.78, 5) is 0. The Labute approximate surface area is 89.5 Å². The molecule has 0 spiro atoms. The molecule has 0 amide bonds. The lowest BCUT2D eigenvalue weighted by Crippen LogP contribution is -2.20. The van der Waals surface area contributed by atoms with Crippen LogP contribution in [0.4, 0.5) is 8.78 Å². The van der Waals surface area contributed by atoms with Crippen molar-refractivity contribution in [1.29, 1.82) is 0 Å². The normalized spacial score (nSPS) is 12.8. The third kappa shape index (κ3) is 3.59. The number of rotatable bonds is 5. The van der Waals surface area contributed by atoms with Crippen molar-refractivity contribution in [3.8, 4) is 0 Å². The van der Waals surface area contributed by atoms with Crippen molar-refractivity contribution in [3.63, 3.8) is 0 Å². The topological polar surface area (TPSA) is 12.0 Å². The van der Waals surface area contributed by atoms with E-state index in [2.05, 4.69) is 5.32 Å². The Bertz CT molecular complexity index is 312. The highest BCUT2D eigenvalue weighted by atomic mass is 19.1. The second-order valence-corrected chi connectivity index (χ2v) is 3.73. The van der Waals surface area contributed by atoms with E-state index in [0.29, 0.717) is 18.5 Å². The summed E-state index contributed by atoms with van der Waals surface area (Å²) in [6.45, 7) is 3.98. The lowest BCUT2D eigenvalue weighted by molar-refractivity contribution is 0.445. The molecule has 0 radical (unpaired) electrons. The molecular weight excluding hydrogens is 196 g/mol. The van der Waals surface area contributed by atoms with Crippen molar-refractivity contribution in [2.75, 3.05) is 13.2 Å². The molecule has 1 aromatic carbocycles. The van der Waals surface area contributed by atoms with Gasteiger partial charge in [0.05, 0.1) is 6.67 Å². The molecule has 0 aromatic heterocycles. The lowest BCUT2D eigenvalue weighted by atomic mass is 10.1. The molecule has 1 rings (SSSR count). The SMILES string of the molecule is Cc1ccc(C(C)NCCCF)cc1F. The van der Waals surface area contributed by atoms with E-state index in [0.717, 1.165) is 5.56 Å². The molecule has 1 atom stereocenters. The standard InChI is InChI=1S/C12H17F2N/c1-9-4-5-11(8-12(9)14)10(2)15-7-3-6-13/h4-5,8,10,15H,3,6-7H2,1-2H3. The van der Waals surface area contributed by atoms with Crippen molar-refractivity contribution >= 4 is 0 Å². The quantitative estimate of drug-likeness (QED) is 0.741. The molecule has 1 unspecified atom stereocenters. The van der Waals surface area contributed by atoms with Crippen LogP contribution in [0, 0.1) is 12.7 Å². The van der Waals surface area contributed by atoms with Gasteiger partial charge in [-0.3, -0.25) is 4.39 Å². The number of alkyl halides is 1. The number of hydrogen-bond donors (Lipinski definition) is 1. The molecule has 3 heteroatoms. The van der Waals surface area contributed by atoms with Crippen LogP contribution in [0.1, 0.15) is 30.5 Å². The summed E-state index contributed by atoms with van der Waals surface area (Å²) >= 11 is 0. The average molecular weight is 213 g/mol. The fraction of sp³-hybridized carbons (Fsp3) is 0.500. The zero-order valence-electron chi connectivity index (χ0n) is 9.19. The van der Waals surface area contributed by atoms with Crippen molar-refractivity contribution in [2.45, 2.75) is 26.3 Å². The van der Waals surface area contributed by atoms with Gasteiger partial charge in [-0.05, 0) is 44.0 Å². The van der Waals surface area contributed by atoms with Gasteiger partial charge < -0.3 is 5.32 Å². The molecule has 0 aliphatic heterocycles. The third-order valence-corrected chi connectivity index (χ3v) is 2.46. The van der Waals surface area contributed by atoms with Crippen LogP contribution in [0.25, 0.3) is 0 Å². The van der Waals surface area contributed by atoms with Gasteiger partial charge in [0, 0.05) is 6.04 Å². The summed E-state index contributed by atoms with van der Waals surface area (Å²) in [6.07, 6.45) is 0.499. The molecule has 1 N–H and O–H groups in total. The Morgan fingerprint density at radius 2 is 2.13 bits per heavy atom. The first-order valence-corrected chi connectivity index (χ1v) is 5.20. The molecular formula is C12H17F2N. The van der Waals surface area contributed by atoms with Crippen LogP contribution in [0.3, 0.4) is 0 Å². The molecule has 1 aromatic rings. The summed E-state index contributed by atoms with van der Waals surface area (Å²) in [5.74, 6) is -0.188. The predicted molar refractivity (Wildman–Crippen MR) is 58.1 cm³/mol. The van der Waals surface area contributed by atoms with Gasteiger partial charge in [-0.1, -0.05) is 12.1 Å². The summed E-state index contributed by atoms with van der Waals surface area (Å²) < 4.78 is 25.1. The van der Waals surface area contributed by atoms with Crippen LogP contribution in [-0.2, 0) is 0 Å². The Morgan fingerprint density at radius 3 is 2.73 bits per heavy atom. The first-order chi connectivity index (χ1) is 7.15. The molecule has 0 fully saturated rings. The lowest BCUT2D eigenvalue weighted by Gasteiger charge is -2.14. The molecule has 0 heterocycles. The first-order valence-electron chi connectivity index (χ1n) is 5.20. The fourth-order valence-electron chi connectivity index (χ4n) is 1.38. The van der Waals surface area contributed by atoms with E-state index >= 15 is 0 Å². The van der Waals surface area contributed by atoms with Gasteiger partial charge in [0.25, 0.3) is 0 Å². The number of benzene rings is 1. The van der Waals surface area contributed by atoms with Gasteiger partial charge in [-0.25, -0.2) is 4.39 Å². The van der Waals surface area contributed by atoms with Gasteiger partial charge in [0.15, 0.2) is 0 Å². The molecule has 0 saturated heterocycles. The monoisotopic (exact) mass is 213 g/mol. The molecule has 1 nitrogen and oxygen atoms in total. The molecule has 15 heavy (non-hydrogen) atoms. The van der Waals surface area contributed by atoms with E-state index in [1.165, 1.54) is 6.07 Å². The van der Waals surface area contributed by atoms with Crippen LogP contribution < -0.4 is 5.32 Å². The zero-order valence-corrected chi connectivity index (χ0v) is 9.19. The molecule has 0 aliphatic carbocycles. The van der Waals surface area contributed by atoms with E-state index < -0.39 is 0 Å². The Balaban J connectivity index is 2.57. The molecule has 84 valence electrons. The highest BCUT2D eigenvalue weighted by Crippen LogP contribution is 2.15. The van der Waals surface area contributed by atoms with Crippen LogP contribution in [0.15, 0.2) is 18.2 Å². The minimum absolute atomic E-state index is 0.0617.